The largest absolute Gasteiger partial charge is 0.493 e. The third-order valence-electron chi connectivity index (χ3n) is 2.90. The van der Waals surface area contributed by atoms with Gasteiger partial charge < -0.3 is 10.5 Å². The van der Waals surface area contributed by atoms with Crippen LogP contribution in [-0.4, -0.2) is 6.61 Å². The summed E-state index contributed by atoms with van der Waals surface area (Å²) >= 11 is 0. The van der Waals surface area contributed by atoms with Crippen LogP contribution in [0, 0.1) is 11.8 Å². The predicted molar refractivity (Wildman–Crippen MR) is 57.1 cm³/mol. The van der Waals surface area contributed by atoms with Gasteiger partial charge in [0.15, 0.2) is 0 Å². The van der Waals surface area contributed by atoms with E-state index in [1.165, 1.54) is 6.42 Å². The molecular weight excluding hydrogens is 174 g/mol. The van der Waals surface area contributed by atoms with Crippen LogP contribution in [-0.2, 0) is 6.54 Å². The zero-order valence-electron chi connectivity index (χ0n) is 8.57. The standard InChI is InChI=1S/C12H17NO/c1-9-6-11(9)8-14-12-4-2-10(7-13)3-5-12/h2-5,9,11H,6-8,13H2,1H3/t9-,11-/m1/s1. The maximum Gasteiger partial charge on any atom is 0.119 e. The van der Waals surface area contributed by atoms with E-state index in [1.807, 2.05) is 24.3 Å². The summed E-state index contributed by atoms with van der Waals surface area (Å²) in [7, 11) is 0. The zero-order chi connectivity index (χ0) is 9.97. The maximum absolute atomic E-state index is 5.66. The van der Waals surface area contributed by atoms with Crippen LogP contribution >= 0.6 is 0 Å². The van der Waals surface area contributed by atoms with Gasteiger partial charge in [0.25, 0.3) is 0 Å². The quantitative estimate of drug-likeness (QED) is 0.791. The smallest absolute Gasteiger partial charge is 0.119 e. The lowest BCUT2D eigenvalue weighted by Gasteiger charge is -2.05. The van der Waals surface area contributed by atoms with Gasteiger partial charge in [-0.15, -0.1) is 0 Å². The first-order valence-corrected chi connectivity index (χ1v) is 5.21. The van der Waals surface area contributed by atoms with E-state index in [2.05, 4.69) is 6.92 Å². The van der Waals surface area contributed by atoms with Gasteiger partial charge in [-0.25, -0.2) is 0 Å². The number of hydrogen-bond acceptors (Lipinski definition) is 2. The summed E-state index contributed by atoms with van der Waals surface area (Å²) in [5.74, 6) is 2.60. The third kappa shape index (κ3) is 2.26. The summed E-state index contributed by atoms with van der Waals surface area (Å²) in [4.78, 5) is 0. The molecule has 2 atom stereocenters. The molecule has 0 heterocycles. The molecule has 1 aliphatic carbocycles. The number of hydrogen-bond donors (Lipinski definition) is 1. The van der Waals surface area contributed by atoms with Crippen molar-refractivity contribution >= 4 is 0 Å². The van der Waals surface area contributed by atoms with Crippen LogP contribution in [0.1, 0.15) is 18.9 Å². The molecule has 76 valence electrons. The molecule has 1 saturated carbocycles. The molecule has 14 heavy (non-hydrogen) atoms. The normalized spacial score (nSPS) is 24.7. The van der Waals surface area contributed by atoms with Crippen LogP contribution in [0.3, 0.4) is 0 Å². The Kier molecular flexibility index (Phi) is 2.73. The number of ether oxygens (including phenoxy) is 1. The van der Waals surface area contributed by atoms with Crippen molar-refractivity contribution in [2.45, 2.75) is 19.9 Å². The molecule has 0 radical (unpaired) electrons. The van der Waals surface area contributed by atoms with E-state index in [0.717, 1.165) is 29.8 Å². The van der Waals surface area contributed by atoms with E-state index in [-0.39, 0.29) is 0 Å². The molecular formula is C12H17NO. The maximum atomic E-state index is 5.66. The lowest BCUT2D eigenvalue weighted by molar-refractivity contribution is 0.293. The van der Waals surface area contributed by atoms with E-state index >= 15 is 0 Å². The third-order valence-corrected chi connectivity index (χ3v) is 2.90. The Balaban J connectivity index is 1.84. The fourth-order valence-corrected chi connectivity index (χ4v) is 1.56. The molecule has 1 aromatic rings. The second kappa shape index (κ2) is 4.01. The zero-order valence-corrected chi connectivity index (χ0v) is 8.57. The average molecular weight is 191 g/mol. The van der Waals surface area contributed by atoms with E-state index in [1.54, 1.807) is 0 Å². The van der Waals surface area contributed by atoms with Gasteiger partial charge in [-0.05, 0) is 36.0 Å². The Labute approximate surface area is 85.1 Å². The minimum atomic E-state index is 0.597. The lowest BCUT2D eigenvalue weighted by atomic mass is 10.2. The van der Waals surface area contributed by atoms with Crippen molar-refractivity contribution in [2.75, 3.05) is 6.61 Å². The van der Waals surface area contributed by atoms with Gasteiger partial charge in [0.1, 0.15) is 5.75 Å². The first-order chi connectivity index (χ1) is 6.79. The van der Waals surface area contributed by atoms with Gasteiger partial charge in [-0.2, -0.15) is 0 Å². The predicted octanol–water partition coefficient (Wildman–Crippen LogP) is 2.18. The van der Waals surface area contributed by atoms with Crippen molar-refractivity contribution in [3.05, 3.63) is 29.8 Å². The summed E-state index contributed by atoms with van der Waals surface area (Å²) in [6.07, 6.45) is 1.32. The van der Waals surface area contributed by atoms with Crippen molar-refractivity contribution in [1.82, 2.24) is 0 Å². The molecule has 2 rings (SSSR count). The summed E-state index contributed by atoms with van der Waals surface area (Å²) < 4.78 is 5.66. The monoisotopic (exact) mass is 191 g/mol. The minimum absolute atomic E-state index is 0.597. The molecule has 1 aliphatic rings. The topological polar surface area (TPSA) is 35.2 Å². The molecule has 1 fully saturated rings. The molecule has 0 aliphatic heterocycles. The fourth-order valence-electron chi connectivity index (χ4n) is 1.56. The number of rotatable bonds is 4. The molecule has 0 spiro atoms. The highest BCUT2D eigenvalue weighted by molar-refractivity contribution is 5.27. The molecule has 2 N–H and O–H groups in total. The second-order valence-electron chi connectivity index (χ2n) is 4.13. The van der Waals surface area contributed by atoms with Crippen LogP contribution in [0.2, 0.25) is 0 Å². The van der Waals surface area contributed by atoms with Crippen LogP contribution in [0.15, 0.2) is 24.3 Å². The Hall–Kier alpha value is -1.02. The highest BCUT2D eigenvalue weighted by atomic mass is 16.5. The Morgan fingerprint density at radius 1 is 1.36 bits per heavy atom. The van der Waals surface area contributed by atoms with Crippen LogP contribution in [0.5, 0.6) is 5.75 Å². The van der Waals surface area contributed by atoms with Crippen molar-refractivity contribution in [3.63, 3.8) is 0 Å². The lowest BCUT2D eigenvalue weighted by Crippen LogP contribution is -2.01. The first-order valence-electron chi connectivity index (χ1n) is 5.21. The van der Waals surface area contributed by atoms with Crippen LogP contribution in [0.25, 0.3) is 0 Å². The summed E-state index contributed by atoms with van der Waals surface area (Å²) in [5.41, 5.74) is 6.66. The summed E-state index contributed by atoms with van der Waals surface area (Å²) in [6, 6.07) is 8.03. The first kappa shape index (κ1) is 9.53. The summed E-state index contributed by atoms with van der Waals surface area (Å²) in [6.45, 7) is 3.73. The van der Waals surface area contributed by atoms with Crippen molar-refractivity contribution in [2.24, 2.45) is 17.6 Å². The van der Waals surface area contributed by atoms with Gasteiger partial charge in [-0.1, -0.05) is 19.1 Å². The van der Waals surface area contributed by atoms with Gasteiger partial charge in [0.05, 0.1) is 6.61 Å². The van der Waals surface area contributed by atoms with Gasteiger partial charge in [0, 0.05) is 6.54 Å². The van der Waals surface area contributed by atoms with Gasteiger partial charge in [0.2, 0.25) is 0 Å². The second-order valence-corrected chi connectivity index (χ2v) is 4.13. The minimum Gasteiger partial charge on any atom is -0.493 e. The molecule has 0 bridgehead atoms. The molecule has 0 aromatic heterocycles. The molecule has 0 unspecified atom stereocenters. The number of nitrogens with two attached hydrogens (primary N) is 1. The van der Waals surface area contributed by atoms with E-state index in [0.29, 0.717) is 6.54 Å². The Morgan fingerprint density at radius 3 is 2.50 bits per heavy atom. The molecule has 0 amide bonds. The van der Waals surface area contributed by atoms with Crippen LogP contribution < -0.4 is 10.5 Å². The Morgan fingerprint density at radius 2 is 2.00 bits per heavy atom. The van der Waals surface area contributed by atoms with Gasteiger partial charge >= 0.3 is 0 Å². The van der Waals surface area contributed by atoms with E-state index in [4.69, 9.17) is 10.5 Å². The van der Waals surface area contributed by atoms with Crippen molar-refractivity contribution in [1.29, 1.82) is 0 Å². The average Bonchev–Trinajstić information content (AvgIpc) is 2.92. The Bertz CT molecular complexity index is 294. The highest BCUT2D eigenvalue weighted by Gasteiger charge is 2.32. The number of benzene rings is 1. The summed E-state index contributed by atoms with van der Waals surface area (Å²) in [5, 5.41) is 0. The highest BCUT2D eigenvalue weighted by Crippen LogP contribution is 2.37. The SMILES string of the molecule is C[C@@H]1C[C@@H]1COc1ccc(CN)cc1. The van der Waals surface area contributed by atoms with E-state index in [9.17, 15) is 0 Å². The molecule has 2 heteroatoms. The fraction of sp³-hybridized carbons (Fsp3) is 0.500. The van der Waals surface area contributed by atoms with Crippen molar-refractivity contribution < 1.29 is 4.74 Å². The molecule has 1 aromatic carbocycles. The van der Waals surface area contributed by atoms with E-state index < -0.39 is 0 Å². The molecule has 2 nitrogen and oxygen atoms in total. The van der Waals surface area contributed by atoms with Crippen molar-refractivity contribution in [3.8, 4) is 5.75 Å². The van der Waals surface area contributed by atoms with Gasteiger partial charge in [-0.3, -0.25) is 0 Å². The van der Waals surface area contributed by atoms with Crippen LogP contribution in [0.4, 0.5) is 0 Å². The molecule has 0 saturated heterocycles.